The molecule has 0 saturated heterocycles. The highest BCUT2D eigenvalue weighted by atomic mass is 79.9. The number of nitrogens with two attached hydrogens (primary N) is 1. The van der Waals surface area contributed by atoms with E-state index in [-0.39, 0.29) is 0 Å². The second kappa shape index (κ2) is 7.54. The lowest BCUT2D eigenvalue weighted by atomic mass is 10.2. The lowest BCUT2D eigenvalue weighted by Gasteiger charge is -2.13. The molecule has 0 aliphatic heterocycles. The summed E-state index contributed by atoms with van der Waals surface area (Å²) < 4.78 is 11.5. The van der Waals surface area contributed by atoms with Crippen LogP contribution in [0.15, 0.2) is 21.6 Å². The molecule has 1 aliphatic carbocycles. The van der Waals surface area contributed by atoms with E-state index in [9.17, 15) is 0 Å². The van der Waals surface area contributed by atoms with Crippen LogP contribution in [0.5, 0.6) is 11.5 Å². The van der Waals surface area contributed by atoms with Crippen LogP contribution in [0.1, 0.15) is 31.2 Å². The molecule has 3 N–H and O–H groups in total. The third-order valence-corrected chi connectivity index (χ3v) is 4.22. The van der Waals surface area contributed by atoms with Gasteiger partial charge in [-0.1, -0.05) is 12.8 Å². The molecule has 0 bridgehead atoms. The second-order valence-corrected chi connectivity index (χ2v) is 5.99. The second-order valence-electron chi connectivity index (χ2n) is 5.14. The maximum atomic E-state index is 5.94. The fraction of sp³-hybridized carbons (Fsp3) is 0.533. The van der Waals surface area contributed by atoms with Gasteiger partial charge in [0.1, 0.15) is 0 Å². The van der Waals surface area contributed by atoms with E-state index >= 15 is 0 Å². The predicted octanol–water partition coefficient (Wildman–Crippen LogP) is 2.81. The third-order valence-electron chi connectivity index (χ3n) is 3.63. The van der Waals surface area contributed by atoms with Crippen molar-refractivity contribution in [1.29, 1.82) is 0 Å². The van der Waals surface area contributed by atoms with E-state index in [4.69, 9.17) is 15.2 Å². The number of guanidine groups is 1. The zero-order valence-electron chi connectivity index (χ0n) is 12.5. The average Bonchev–Trinajstić information content (AvgIpc) is 2.97. The highest BCUT2D eigenvalue weighted by Crippen LogP contribution is 2.36. The van der Waals surface area contributed by atoms with Gasteiger partial charge < -0.3 is 20.5 Å². The molecule has 6 heteroatoms. The van der Waals surface area contributed by atoms with E-state index in [2.05, 4.69) is 26.2 Å². The maximum absolute atomic E-state index is 5.94. The van der Waals surface area contributed by atoms with Gasteiger partial charge in [0.25, 0.3) is 0 Å². The van der Waals surface area contributed by atoms with Crippen molar-refractivity contribution in [3.63, 3.8) is 0 Å². The number of nitrogens with one attached hydrogen (secondary N) is 1. The molecule has 1 saturated carbocycles. The summed E-state index contributed by atoms with van der Waals surface area (Å²) in [4.78, 5) is 4.40. The minimum absolute atomic E-state index is 0.478. The van der Waals surface area contributed by atoms with Crippen molar-refractivity contribution >= 4 is 21.9 Å². The van der Waals surface area contributed by atoms with Gasteiger partial charge in [0.15, 0.2) is 17.5 Å². The topological polar surface area (TPSA) is 68.9 Å². The maximum Gasteiger partial charge on any atom is 0.189 e. The number of aliphatic imine (C=N–C) groups is 1. The number of hydrogen-bond acceptors (Lipinski definition) is 3. The summed E-state index contributed by atoms with van der Waals surface area (Å²) in [6.07, 6.45) is 4.90. The first-order chi connectivity index (χ1) is 10.1. The Morgan fingerprint density at radius 3 is 2.67 bits per heavy atom. The Morgan fingerprint density at radius 1 is 1.33 bits per heavy atom. The quantitative estimate of drug-likeness (QED) is 0.629. The molecule has 5 nitrogen and oxygen atoms in total. The zero-order valence-corrected chi connectivity index (χ0v) is 14.1. The fourth-order valence-corrected chi connectivity index (χ4v) is 3.22. The van der Waals surface area contributed by atoms with Crippen molar-refractivity contribution in [1.82, 2.24) is 5.32 Å². The van der Waals surface area contributed by atoms with Crippen molar-refractivity contribution in [2.24, 2.45) is 10.7 Å². The highest BCUT2D eigenvalue weighted by molar-refractivity contribution is 9.10. The monoisotopic (exact) mass is 355 g/mol. The van der Waals surface area contributed by atoms with E-state index in [0.717, 1.165) is 10.0 Å². The van der Waals surface area contributed by atoms with Gasteiger partial charge in [-0.05, 0) is 46.5 Å². The first-order valence-corrected chi connectivity index (χ1v) is 7.90. The third kappa shape index (κ3) is 4.27. The van der Waals surface area contributed by atoms with Gasteiger partial charge in [0.05, 0.1) is 25.2 Å². The molecule has 0 unspecified atom stereocenters. The molecule has 1 fully saturated rings. The predicted molar refractivity (Wildman–Crippen MR) is 88.0 cm³/mol. The molecule has 0 atom stereocenters. The largest absolute Gasteiger partial charge is 0.493 e. The molecule has 0 spiro atoms. The number of rotatable bonds is 5. The zero-order chi connectivity index (χ0) is 15.2. The lowest BCUT2D eigenvalue weighted by Crippen LogP contribution is -2.38. The van der Waals surface area contributed by atoms with Crippen LogP contribution in [0.25, 0.3) is 0 Å². The molecule has 1 aliphatic rings. The molecular weight excluding hydrogens is 334 g/mol. The van der Waals surface area contributed by atoms with Crippen LogP contribution in [0, 0.1) is 0 Å². The molecule has 1 aromatic rings. The summed E-state index contributed by atoms with van der Waals surface area (Å²) in [5.74, 6) is 1.87. The molecular formula is C15H22BrN3O2. The number of ether oxygens (including phenoxy) is 2. The van der Waals surface area contributed by atoms with Crippen LogP contribution in [0.3, 0.4) is 0 Å². The first kappa shape index (κ1) is 15.9. The van der Waals surface area contributed by atoms with Gasteiger partial charge in [0.2, 0.25) is 0 Å². The summed E-state index contributed by atoms with van der Waals surface area (Å²) in [7, 11) is 3.23. The fourth-order valence-electron chi connectivity index (χ4n) is 2.56. The summed E-state index contributed by atoms with van der Waals surface area (Å²) in [6, 6.07) is 4.36. The molecule has 0 heterocycles. The molecule has 2 rings (SSSR count). The van der Waals surface area contributed by atoms with Crippen LogP contribution in [0.2, 0.25) is 0 Å². The standard InChI is InChI=1S/C15H22BrN3O2/c1-20-13-8-10(7-12(16)14(13)21-2)9-18-15(17)19-11-5-3-4-6-11/h7-8,11H,3-6,9H2,1-2H3,(H3,17,18,19). The summed E-state index contributed by atoms with van der Waals surface area (Å²) in [6.45, 7) is 0.504. The Morgan fingerprint density at radius 2 is 2.05 bits per heavy atom. The van der Waals surface area contributed by atoms with E-state index < -0.39 is 0 Å². The molecule has 21 heavy (non-hydrogen) atoms. The number of benzene rings is 1. The number of halogens is 1. The van der Waals surface area contributed by atoms with Crippen LogP contribution in [-0.4, -0.2) is 26.2 Å². The van der Waals surface area contributed by atoms with E-state index in [1.54, 1.807) is 14.2 Å². The Hall–Kier alpha value is -1.43. The average molecular weight is 356 g/mol. The van der Waals surface area contributed by atoms with Crippen LogP contribution >= 0.6 is 15.9 Å². The van der Waals surface area contributed by atoms with Crippen molar-refractivity contribution in [3.8, 4) is 11.5 Å². The van der Waals surface area contributed by atoms with Crippen molar-refractivity contribution in [2.75, 3.05) is 14.2 Å². The van der Waals surface area contributed by atoms with Gasteiger partial charge in [-0.25, -0.2) is 4.99 Å². The minimum atomic E-state index is 0.478. The molecule has 0 aromatic heterocycles. The van der Waals surface area contributed by atoms with Gasteiger partial charge in [-0.2, -0.15) is 0 Å². The van der Waals surface area contributed by atoms with Crippen LogP contribution < -0.4 is 20.5 Å². The molecule has 0 radical (unpaired) electrons. The summed E-state index contributed by atoms with van der Waals surface area (Å²) in [5.41, 5.74) is 6.95. The number of nitrogens with zero attached hydrogens (tertiary/aromatic N) is 1. The van der Waals surface area contributed by atoms with Crippen molar-refractivity contribution < 1.29 is 9.47 Å². The van der Waals surface area contributed by atoms with Gasteiger partial charge in [0, 0.05) is 6.04 Å². The van der Waals surface area contributed by atoms with E-state index in [1.165, 1.54) is 25.7 Å². The lowest BCUT2D eigenvalue weighted by molar-refractivity contribution is 0.352. The molecule has 116 valence electrons. The van der Waals surface area contributed by atoms with E-state index in [0.29, 0.717) is 30.0 Å². The van der Waals surface area contributed by atoms with Crippen molar-refractivity contribution in [3.05, 3.63) is 22.2 Å². The summed E-state index contributed by atoms with van der Waals surface area (Å²) in [5, 5.41) is 3.27. The van der Waals surface area contributed by atoms with Crippen molar-refractivity contribution in [2.45, 2.75) is 38.3 Å². The first-order valence-electron chi connectivity index (χ1n) is 7.11. The molecule has 0 amide bonds. The molecule has 1 aromatic carbocycles. The minimum Gasteiger partial charge on any atom is -0.493 e. The number of hydrogen-bond donors (Lipinski definition) is 2. The van der Waals surface area contributed by atoms with Crippen LogP contribution in [-0.2, 0) is 6.54 Å². The van der Waals surface area contributed by atoms with Gasteiger partial charge >= 0.3 is 0 Å². The smallest absolute Gasteiger partial charge is 0.189 e. The Bertz CT molecular complexity index is 514. The Balaban J connectivity index is 2.03. The summed E-state index contributed by atoms with van der Waals surface area (Å²) >= 11 is 3.48. The van der Waals surface area contributed by atoms with Gasteiger partial charge in [-0.3, -0.25) is 0 Å². The normalized spacial score (nSPS) is 16.0. The Labute approximate surface area is 134 Å². The van der Waals surface area contributed by atoms with E-state index in [1.807, 2.05) is 12.1 Å². The number of methoxy groups -OCH3 is 2. The SMILES string of the molecule is COc1cc(CN=C(N)NC2CCCC2)cc(Br)c1OC. The highest BCUT2D eigenvalue weighted by Gasteiger charge is 2.15. The Kier molecular flexibility index (Phi) is 5.73. The van der Waals surface area contributed by atoms with Gasteiger partial charge in [-0.15, -0.1) is 0 Å². The van der Waals surface area contributed by atoms with Crippen LogP contribution in [0.4, 0.5) is 0 Å².